The van der Waals surface area contributed by atoms with E-state index in [1.54, 1.807) is 17.7 Å². The summed E-state index contributed by atoms with van der Waals surface area (Å²) in [5.41, 5.74) is 6.83. The van der Waals surface area contributed by atoms with Crippen LogP contribution < -0.4 is 11.3 Å². The summed E-state index contributed by atoms with van der Waals surface area (Å²) >= 11 is 0. The van der Waals surface area contributed by atoms with Gasteiger partial charge in [-0.3, -0.25) is 14.2 Å². The average Bonchev–Trinajstić information content (AvgIpc) is 2.93. The highest BCUT2D eigenvalue weighted by Crippen LogP contribution is 2.26. The number of methoxy groups -OCH3 is 1. The van der Waals surface area contributed by atoms with Crippen molar-refractivity contribution in [2.75, 3.05) is 26.8 Å². The van der Waals surface area contributed by atoms with Gasteiger partial charge in [0.1, 0.15) is 5.82 Å². The molecule has 37 heavy (non-hydrogen) atoms. The summed E-state index contributed by atoms with van der Waals surface area (Å²) in [6.07, 6.45) is 3.81. The maximum Gasteiger partial charge on any atom is 0.261 e. The molecule has 1 heterocycles. The Bertz CT molecular complexity index is 1410. The zero-order chi connectivity index (χ0) is 26.2. The number of carbonyl (C=O) groups excluding carboxylic acids is 1. The van der Waals surface area contributed by atoms with Crippen molar-refractivity contribution in [2.24, 2.45) is 5.73 Å². The van der Waals surface area contributed by atoms with Crippen LogP contribution in [0, 0.1) is 0 Å². The zero-order valence-corrected chi connectivity index (χ0v) is 21.7. The summed E-state index contributed by atoms with van der Waals surface area (Å²) in [5, 5.41) is 2.49. The molecule has 0 unspecified atom stereocenters. The first-order valence-corrected chi connectivity index (χ1v) is 13.0. The molecule has 0 saturated heterocycles. The molecule has 3 aromatic carbocycles. The molecule has 1 amide bonds. The molecule has 7 nitrogen and oxygen atoms in total. The molecule has 0 saturated carbocycles. The van der Waals surface area contributed by atoms with Gasteiger partial charge in [0.2, 0.25) is 0 Å². The molecule has 0 bridgehead atoms. The van der Waals surface area contributed by atoms with Crippen LogP contribution in [-0.2, 0) is 11.3 Å². The first kappa shape index (κ1) is 26.5. The van der Waals surface area contributed by atoms with Gasteiger partial charge in [0.25, 0.3) is 11.5 Å². The molecule has 194 valence electrons. The van der Waals surface area contributed by atoms with Crippen molar-refractivity contribution < 1.29 is 9.53 Å². The van der Waals surface area contributed by atoms with Crippen LogP contribution in [-0.4, -0.2) is 47.2 Å². The number of rotatable bonds is 12. The predicted molar refractivity (Wildman–Crippen MR) is 149 cm³/mol. The Morgan fingerprint density at radius 1 is 0.973 bits per heavy atom. The lowest BCUT2D eigenvalue weighted by Crippen LogP contribution is -2.39. The molecule has 0 radical (unpaired) electrons. The van der Waals surface area contributed by atoms with Gasteiger partial charge in [-0.05, 0) is 55.3 Å². The summed E-state index contributed by atoms with van der Waals surface area (Å²) < 4.78 is 6.96. The van der Waals surface area contributed by atoms with Crippen molar-refractivity contribution in [1.29, 1.82) is 0 Å². The first-order chi connectivity index (χ1) is 18.1. The number of ether oxygens (including phenoxy) is 1. The van der Waals surface area contributed by atoms with Gasteiger partial charge >= 0.3 is 0 Å². The number of para-hydroxylation sites is 1. The van der Waals surface area contributed by atoms with Crippen molar-refractivity contribution in [3.05, 3.63) is 88.5 Å². The fourth-order valence-electron chi connectivity index (χ4n) is 4.86. The number of benzene rings is 3. The second kappa shape index (κ2) is 12.6. The van der Waals surface area contributed by atoms with Crippen LogP contribution in [0.4, 0.5) is 0 Å². The number of hydrogen-bond donors (Lipinski definition) is 1. The van der Waals surface area contributed by atoms with Gasteiger partial charge in [0.15, 0.2) is 0 Å². The number of nitrogens with zero attached hydrogens (tertiary/aromatic N) is 3. The van der Waals surface area contributed by atoms with Crippen LogP contribution in [0.2, 0.25) is 0 Å². The van der Waals surface area contributed by atoms with E-state index in [1.165, 1.54) is 0 Å². The van der Waals surface area contributed by atoms with E-state index in [1.807, 2.05) is 72.5 Å². The van der Waals surface area contributed by atoms with Crippen molar-refractivity contribution >= 4 is 27.6 Å². The number of carbonyl (C=O) groups is 1. The molecule has 4 aromatic rings. The highest BCUT2D eigenvalue weighted by molar-refractivity contribution is 6.07. The Balaban J connectivity index is 1.78. The van der Waals surface area contributed by atoms with Gasteiger partial charge in [-0.1, -0.05) is 61.4 Å². The van der Waals surface area contributed by atoms with Crippen molar-refractivity contribution in [3.63, 3.8) is 0 Å². The normalized spacial score (nSPS) is 12.2. The van der Waals surface area contributed by atoms with E-state index in [2.05, 4.69) is 0 Å². The quantitative estimate of drug-likeness (QED) is 0.279. The molecule has 2 N–H and O–H groups in total. The summed E-state index contributed by atoms with van der Waals surface area (Å²) in [6.45, 7) is 3.92. The molecule has 0 aliphatic heterocycles. The standard InChI is InChI=1S/C30H36N4O3/c1-22(28-32-27-17-8-7-15-26(27)30(36)34(28)20-21-37-2)33(19-10-4-3-9-18-31)29(35)25-16-11-13-23-12-5-6-14-24(23)25/h5-8,11-17,22H,3-4,9-10,18-21,31H2,1-2H3/t22-/m1/s1. The van der Waals surface area contributed by atoms with E-state index in [-0.39, 0.29) is 11.5 Å². The maximum absolute atomic E-state index is 14.1. The highest BCUT2D eigenvalue weighted by Gasteiger charge is 2.27. The minimum atomic E-state index is -0.421. The molecular weight excluding hydrogens is 464 g/mol. The van der Waals surface area contributed by atoms with Gasteiger partial charge in [-0.25, -0.2) is 4.98 Å². The Hall–Kier alpha value is -3.55. The third-order valence-electron chi connectivity index (χ3n) is 6.89. The minimum Gasteiger partial charge on any atom is -0.383 e. The third-order valence-corrected chi connectivity index (χ3v) is 6.89. The van der Waals surface area contributed by atoms with Gasteiger partial charge in [-0.2, -0.15) is 0 Å². The Kier molecular flexibility index (Phi) is 9.04. The maximum atomic E-state index is 14.1. The Morgan fingerprint density at radius 3 is 2.46 bits per heavy atom. The van der Waals surface area contributed by atoms with E-state index in [4.69, 9.17) is 15.5 Å². The monoisotopic (exact) mass is 500 g/mol. The average molecular weight is 501 g/mol. The lowest BCUT2D eigenvalue weighted by Gasteiger charge is -2.31. The molecule has 7 heteroatoms. The van der Waals surface area contributed by atoms with Crippen molar-refractivity contribution in [1.82, 2.24) is 14.5 Å². The summed E-state index contributed by atoms with van der Waals surface area (Å²) in [7, 11) is 1.61. The van der Waals surface area contributed by atoms with Crippen molar-refractivity contribution in [3.8, 4) is 0 Å². The summed E-state index contributed by atoms with van der Waals surface area (Å²) in [6, 6.07) is 20.7. The number of unbranched alkanes of at least 4 members (excludes halogenated alkanes) is 3. The van der Waals surface area contributed by atoms with Crippen LogP contribution >= 0.6 is 0 Å². The molecule has 0 spiro atoms. The van der Waals surface area contributed by atoms with E-state index < -0.39 is 6.04 Å². The van der Waals surface area contributed by atoms with Crippen LogP contribution in [0.15, 0.2) is 71.5 Å². The smallest absolute Gasteiger partial charge is 0.261 e. The van der Waals surface area contributed by atoms with Gasteiger partial charge in [0, 0.05) is 19.2 Å². The van der Waals surface area contributed by atoms with E-state index in [0.717, 1.165) is 36.5 Å². The zero-order valence-electron chi connectivity index (χ0n) is 21.7. The van der Waals surface area contributed by atoms with Crippen LogP contribution in [0.1, 0.15) is 54.8 Å². The first-order valence-electron chi connectivity index (χ1n) is 13.0. The molecule has 1 atom stereocenters. The van der Waals surface area contributed by atoms with Crippen LogP contribution in [0.5, 0.6) is 0 Å². The largest absolute Gasteiger partial charge is 0.383 e. The van der Waals surface area contributed by atoms with E-state index in [0.29, 0.717) is 48.5 Å². The summed E-state index contributed by atoms with van der Waals surface area (Å²) in [5.74, 6) is 0.500. The summed E-state index contributed by atoms with van der Waals surface area (Å²) in [4.78, 5) is 34.4. The van der Waals surface area contributed by atoms with Gasteiger partial charge in [0.05, 0.1) is 30.1 Å². The number of aromatic nitrogens is 2. The van der Waals surface area contributed by atoms with Gasteiger partial charge < -0.3 is 15.4 Å². The second-order valence-electron chi connectivity index (χ2n) is 9.34. The minimum absolute atomic E-state index is 0.0659. The number of amides is 1. The van der Waals surface area contributed by atoms with Crippen LogP contribution in [0.3, 0.4) is 0 Å². The Morgan fingerprint density at radius 2 is 1.68 bits per heavy atom. The predicted octanol–water partition coefficient (Wildman–Crippen LogP) is 4.92. The lowest BCUT2D eigenvalue weighted by molar-refractivity contribution is 0.0675. The fourth-order valence-corrected chi connectivity index (χ4v) is 4.86. The van der Waals surface area contributed by atoms with E-state index >= 15 is 0 Å². The van der Waals surface area contributed by atoms with Gasteiger partial charge in [-0.15, -0.1) is 0 Å². The number of fused-ring (bicyclic) bond motifs is 2. The molecule has 0 fully saturated rings. The molecule has 4 rings (SSSR count). The molecule has 0 aliphatic rings. The molecular formula is C30H36N4O3. The highest BCUT2D eigenvalue weighted by atomic mass is 16.5. The number of nitrogens with two attached hydrogens (primary N) is 1. The molecule has 1 aromatic heterocycles. The van der Waals surface area contributed by atoms with Crippen LogP contribution in [0.25, 0.3) is 21.7 Å². The fraction of sp³-hybridized carbons (Fsp3) is 0.367. The lowest BCUT2D eigenvalue weighted by atomic mass is 10.0. The Labute approximate surface area is 217 Å². The topological polar surface area (TPSA) is 90.4 Å². The van der Waals surface area contributed by atoms with E-state index in [9.17, 15) is 9.59 Å². The number of hydrogen-bond acceptors (Lipinski definition) is 5. The third kappa shape index (κ3) is 5.89. The SMILES string of the molecule is COCCn1c([C@@H](C)N(CCCCCCN)C(=O)c2cccc3ccccc23)nc2ccccc2c1=O. The second-order valence-corrected chi connectivity index (χ2v) is 9.34. The van der Waals surface area contributed by atoms with Crippen molar-refractivity contribution in [2.45, 2.75) is 45.2 Å². The molecule has 0 aliphatic carbocycles.